The number of likely N-dealkylation sites (N-methyl/N-ethyl adjacent to an activating group) is 1. The molecule has 0 atom stereocenters. The molecule has 0 bridgehead atoms. The smallest absolute Gasteiger partial charge is 0.280 e. The summed E-state index contributed by atoms with van der Waals surface area (Å²) in [5.74, 6) is 0. The van der Waals surface area contributed by atoms with Gasteiger partial charge in [-0.15, -0.1) is 0 Å². The van der Waals surface area contributed by atoms with Crippen molar-refractivity contribution in [3.05, 3.63) is 47.9 Å². The maximum atomic E-state index is 12.8. The Morgan fingerprint density at radius 2 is 1.87 bits per heavy atom. The SMILES string of the molecule is CN1CCN(Cc2cccc(-c3cc(C(F)F)ncn3)c2)CC1. The van der Waals surface area contributed by atoms with E-state index in [-0.39, 0.29) is 5.69 Å². The van der Waals surface area contributed by atoms with Gasteiger partial charge in [0.15, 0.2) is 0 Å². The van der Waals surface area contributed by atoms with Crippen molar-refractivity contribution in [2.45, 2.75) is 13.0 Å². The Morgan fingerprint density at radius 3 is 2.61 bits per heavy atom. The first-order valence-electron chi connectivity index (χ1n) is 7.72. The molecule has 0 spiro atoms. The van der Waals surface area contributed by atoms with Crippen molar-refractivity contribution in [1.29, 1.82) is 0 Å². The molecule has 0 radical (unpaired) electrons. The molecule has 0 unspecified atom stereocenters. The summed E-state index contributed by atoms with van der Waals surface area (Å²) in [7, 11) is 2.13. The number of halogens is 2. The first-order valence-corrected chi connectivity index (χ1v) is 7.72. The molecule has 0 saturated carbocycles. The van der Waals surface area contributed by atoms with Gasteiger partial charge in [-0.3, -0.25) is 4.90 Å². The zero-order valence-electron chi connectivity index (χ0n) is 13.1. The van der Waals surface area contributed by atoms with Gasteiger partial charge in [-0.1, -0.05) is 18.2 Å². The molecule has 6 heteroatoms. The molecular formula is C17H20F2N4. The minimum Gasteiger partial charge on any atom is -0.304 e. The normalized spacial score (nSPS) is 16.9. The Balaban J connectivity index is 1.76. The van der Waals surface area contributed by atoms with Crippen LogP contribution in [0.1, 0.15) is 17.7 Å². The van der Waals surface area contributed by atoms with Crippen LogP contribution in [0.5, 0.6) is 0 Å². The van der Waals surface area contributed by atoms with Crippen LogP contribution in [0.2, 0.25) is 0 Å². The van der Waals surface area contributed by atoms with Crippen molar-refractivity contribution in [3.8, 4) is 11.3 Å². The van der Waals surface area contributed by atoms with Gasteiger partial charge in [0, 0.05) is 38.3 Å². The third kappa shape index (κ3) is 4.09. The lowest BCUT2D eigenvalue weighted by Crippen LogP contribution is -2.43. The number of hydrogen-bond donors (Lipinski definition) is 0. The highest BCUT2D eigenvalue weighted by molar-refractivity contribution is 5.60. The molecule has 2 aromatic rings. The fourth-order valence-corrected chi connectivity index (χ4v) is 2.74. The molecule has 1 aromatic heterocycles. The highest BCUT2D eigenvalue weighted by Gasteiger charge is 2.15. The van der Waals surface area contributed by atoms with Crippen LogP contribution < -0.4 is 0 Å². The number of hydrogen-bond acceptors (Lipinski definition) is 4. The highest BCUT2D eigenvalue weighted by atomic mass is 19.3. The quantitative estimate of drug-likeness (QED) is 0.868. The van der Waals surface area contributed by atoms with Crippen LogP contribution in [0.15, 0.2) is 36.7 Å². The molecule has 0 N–H and O–H groups in total. The van der Waals surface area contributed by atoms with Crippen LogP contribution in [0.4, 0.5) is 8.78 Å². The summed E-state index contributed by atoms with van der Waals surface area (Å²) in [6, 6.07) is 9.29. The Bertz CT molecular complexity index is 655. The third-order valence-electron chi connectivity index (χ3n) is 4.14. The Kier molecular flexibility index (Phi) is 4.93. The number of piperazine rings is 1. The second-order valence-corrected chi connectivity index (χ2v) is 5.91. The van der Waals surface area contributed by atoms with Crippen molar-refractivity contribution in [2.75, 3.05) is 33.2 Å². The maximum absolute atomic E-state index is 12.8. The molecule has 1 saturated heterocycles. The van der Waals surface area contributed by atoms with Crippen LogP contribution in [-0.4, -0.2) is 53.0 Å². The van der Waals surface area contributed by atoms with Gasteiger partial charge in [-0.05, 0) is 24.7 Å². The molecule has 3 rings (SSSR count). The first kappa shape index (κ1) is 16.0. The average molecular weight is 318 g/mol. The zero-order chi connectivity index (χ0) is 16.2. The summed E-state index contributed by atoms with van der Waals surface area (Å²) in [5, 5.41) is 0. The standard InChI is InChI=1S/C17H20F2N4/c1-22-5-7-23(8-6-22)11-13-3-2-4-14(9-13)15-10-16(17(18)19)21-12-20-15/h2-4,9-10,12,17H,5-8,11H2,1H3. The maximum Gasteiger partial charge on any atom is 0.280 e. The molecule has 1 fully saturated rings. The van der Waals surface area contributed by atoms with Gasteiger partial charge in [0.1, 0.15) is 12.0 Å². The van der Waals surface area contributed by atoms with E-state index in [0.29, 0.717) is 5.69 Å². The van der Waals surface area contributed by atoms with E-state index >= 15 is 0 Å². The number of benzene rings is 1. The minimum absolute atomic E-state index is 0.237. The lowest BCUT2D eigenvalue weighted by atomic mass is 10.1. The van der Waals surface area contributed by atoms with E-state index in [1.165, 1.54) is 18.0 Å². The van der Waals surface area contributed by atoms with E-state index in [0.717, 1.165) is 38.3 Å². The minimum atomic E-state index is -2.58. The number of aromatic nitrogens is 2. The van der Waals surface area contributed by atoms with Gasteiger partial charge in [0.25, 0.3) is 6.43 Å². The Hall–Kier alpha value is -1.92. The lowest BCUT2D eigenvalue weighted by Gasteiger charge is -2.32. The van der Waals surface area contributed by atoms with E-state index in [1.807, 2.05) is 18.2 Å². The van der Waals surface area contributed by atoms with Gasteiger partial charge < -0.3 is 4.90 Å². The molecule has 1 aromatic carbocycles. The topological polar surface area (TPSA) is 32.3 Å². The first-order chi connectivity index (χ1) is 11.1. The summed E-state index contributed by atoms with van der Waals surface area (Å²) < 4.78 is 25.6. The lowest BCUT2D eigenvalue weighted by molar-refractivity contribution is 0.146. The molecular weight excluding hydrogens is 298 g/mol. The molecule has 122 valence electrons. The molecule has 1 aliphatic heterocycles. The van der Waals surface area contributed by atoms with E-state index in [2.05, 4.69) is 32.9 Å². The predicted molar refractivity (Wildman–Crippen MR) is 85.2 cm³/mol. The summed E-state index contributed by atoms with van der Waals surface area (Å²) in [5.41, 5.74) is 2.32. The number of alkyl halides is 2. The fourth-order valence-electron chi connectivity index (χ4n) is 2.74. The molecule has 23 heavy (non-hydrogen) atoms. The summed E-state index contributed by atoms with van der Waals surface area (Å²) >= 11 is 0. The van der Waals surface area contributed by atoms with Crippen molar-refractivity contribution in [2.24, 2.45) is 0 Å². The second kappa shape index (κ2) is 7.10. The zero-order valence-corrected chi connectivity index (χ0v) is 13.1. The molecule has 0 amide bonds. The summed E-state index contributed by atoms with van der Waals surface area (Å²) in [6.45, 7) is 5.11. The van der Waals surface area contributed by atoms with E-state index in [1.54, 1.807) is 0 Å². The Morgan fingerprint density at radius 1 is 1.09 bits per heavy atom. The fraction of sp³-hybridized carbons (Fsp3) is 0.412. The van der Waals surface area contributed by atoms with Gasteiger partial charge in [-0.2, -0.15) is 0 Å². The average Bonchev–Trinajstić information content (AvgIpc) is 2.57. The number of nitrogens with zero attached hydrogens (tertiary/aromatic N) is 4. The second-order valence-electron chi connectivity index (χ2n) is 5.91. The van der Waals surface area contributed by atoms with Gasteiger partial charge in [0.05, 0.1) is 5.69 Å². The Labute approximate surface area is 134 Å². The largest absolute Gasteiger partial charge is 0.304 e. The summed E-state index contributed by atoms with van der Waals surface area (Å²) in [4.78, 5) is 12.5. The third-order valence-corrected chi connectivity index (χ3v) is 4.14. The van der Waals surface area contributed by atoms with Crippen LogP contribution in [0.3, 0.4) is 0 Å². The van der Waals surface area contributed by atoms with Crippen LogP contribution in [-0.2, 0) is 6.54 Å². The van der Waals surface area contributed by atoms with Gasteiger partial charge >= 0.3 is 0 Å². The van der Waals surface area contributed by atoms with Crippen molar-refractivity contribution in [3.63, 3.8) is 0 Å². The van der Waals surface area contributed by atoms with Crippen LogP contribution >= 0.6 is 0 Å². The van der Waals surface area contributed by atoms with Gasteiger partial charge in [0.2, 0.25) is 0 Å². The number of rotatable bonds is 4. The molecule has 1 aliphatic rings. The van der Waals surface area contributed by atoms with Crippen molar-refractivity contribution >= 4 is 0 Å². The predicted octanol–water partition coefficient (Wildman–Crippen LogP) is 2.83. The monoisotopic (exact) mass is 318 g/mol. The molecule has 4 nitrogen and oxygen atoms in total. The molecule has 2 heterocycles. The van der Waals surface area contributed by atoms with Crippen molar-refractivity contribution in [1.82, 2.24) is 19.8 Å². The molecule has 0 aliphatic carbocycles. The van der Waals surface area contributed by atoms with E-state index in [4.69, 9.17) is 0 Å². The van der Waals surface area contributed by atoms with E-state index < -0.39 is 6.43 Å². The highest BCUT2D eigenvalue weighted by Crippen LogP contribution is 2.23. The van der Waals surface area contributed by atoms with Gasteiger partial charge in [-0.25, -0.2) is 18.7 Å². The van der Waals surface area contributed by atoms with Crippen molar-refractivity contribution < 1.29 is 8.78 Å². The van der Waals surface area contributed by atoms with E-state index in [9.17, 15) is 8.78 Å². The van der Waals surface area contributed by atoms with Crippen LogP contribution in [0.25, 0.3) is 11.3 Å². The summed E-state index contributed by atoms with van der Waals surface area (Å²) in [6.07, 6.45) is -1.38. The van der Waals surface area contributed by atoms with Crippen LogP contribution in [0, 0.1) is 0 Å².